The van der Waals surface area contributed by atoms with E-state index >= 15 is 0 Å². The zero-order valence-electron chi connectivity index (χ0n) is 39.7. The van der Waals surface area contributed by atoms with Crippen LogP contribution >= 0.6 is 0 Å². The van der Waals surface area contributed by atoms with E-state index in [4.69, 9.17) is 0 Å². The van der Waals surface area contributed by atoms with Crippen LogP contribution in [0.2, 0.25) is 0 Å². The first-order chi connectivity index (χ1) is 32.2. The van der Waals surface area contributed by atoms with Crippen molar-refractivity contribution in [1.82, 2.24) is 4.57 Å². The van der Waals surface area contributed by atoms with Crippen LogP contribution in [0, 0.1) is 0 Å². The smallest absolute Gasteiger partial charge is 0.0544 e. The first-order valence-electron chi connectivity index (χ1n) is 24.2. The molecule has 4 aliphatic carbocycles. The van der Waals surface area contributed by atoms with Crippen molar-refractivity contribution in [2.24, 2.45) is 0 Å². The SMILES string of the molecule is CC1(C)c2ccccc2-c2ccc(-c3cc(-c4ccc5c(c4)C(C)(C)c4ccccc4-5)cc(-n4c5cc6c(cc5c5cc7c(cc54)C(C)(C)c4ccccc4-7)-c4ccccc4C6(C)C)c3)cc21. The molecule has 0 saturated carbocycles. The van der Waals surface area contributed by atoms with Crippen molar-refractivity contribution >= 4 is 21.8 Å². The Morgan fingerprint density at radius 3 is 0.940 bits per heavy atom. The summed E-state index contributed by atoms with van der Waals surface area (Å²) in [4.78, 5) is 0. The molecule has 10 aromatic rings. The van der Waals surface area contributed by atoms with E-state index in [0.29, 0.717) is 0 Å². The average Bonchev–Trinajstić information content (AvgIpc) is 4.01. The summed E-state index contributed by atoms with van der Waals surface area (Å²) in [6.45, 7) is 19.2. The molecule has 0 radical (unpaired) electrons. The lowest BCUT2D eigenvalue weighted by atomic mass is 9.81. The van der Waals surface area contributed by atoms with Crippen LogP contribution in [0.4, 0.5) is 0 Å². The molecule has 0 bridgehead atoms. The highest BCUT2D eigenvalue weighted by molar-refractivity contribution is 6.14. The fourth-order valence-corrected chi connectivity index (χ4v) is 13.5. The zero-order valence-corrected chi connectivity index (χ0v) is 39.7. The van der Waals surface area contributed by atoms with Crippen molar-refractivity contribution in [2.45, 2.75) is 77.0 Å². The van der Waals surface area contributed by atoms with Gasteiger partial charge in [0.05, 0.1) is 11.0 Å². The van der Waals surface area contributed by atoms with Crippen LogP contribution in [-0.4, -0.2) is 4.57 Å². The molecule has 0 fully saturated rings. The first-order valence-corrected chi connectivity index (χ1v) is 24.2. The minimum atomic E-state index is -0.138. The Balaban J connectivity index is 1.07. The molecule has 1 heterocycles. The summed E-state index contributed by atoms with van der Waals surface area (Å²) in [5.74, 6) is 0. The molecule has 1 nitrogen and oxygen atoms in total. The highest BCUT2D eigenvalue weighted by atomic mass is 15.0. The number of nitrogens with zero attached hydrogens (tertiary/aromatic N) is 1. The number of hydrogen-bond acceptors (Lipinski definition) is 0. The molecule has 4 aliphatic rings. The maximum atomic E-state index is 2.62. The van der Waals surface area contributed by atoms with Crippen LogP contribution in [0.1, 0.15) is 99.9 Å². The molecular weight excluding hydrogens is 807 g/mol. The van der Waals surface area contributed by atoms with E-state index < -0.39 is 0 Å². The Morgan fingerprint density at radius 1 is 0.254 bits per heavy atom. The number of aromatic nitrogens is 1. The van der Waals surface area contributed by atoms with E-state index in [-0.39, 0.29) is 21.7 Å². The maximum absolute atomic E-state index is 2.62. The van der Waals surface area contributed by atoms with Crippen LogP contribution in [0.15, 0.2) is 176 Å². The van der Waals surface area contributed by atoms with Crippen LogP contribution in [0.25, 0.3) is 94.3 Å². The van der Waals surface area contributed by atoms with Crippen LogP contribution in [0.5, 0.6) is 0 Å². The Hall–Kier alpha value is -7.22. The minimum absolute atomic E-state index is 0.106. The minimum Gasteiger partial charge on any atom is -0.309 e. The lowest BCUT2D eigenvalue weighted by molar-refractivity contribution is 0.660. The highest BCUT2D eigenvalue weighted by Crippen LogP contribution is 2.56. The monoisotopic (exact) mass is 859 g/mol. The molecule has 9 aromatic carbocycles. The van der Waals surface area contributed by atoms with Gasteiger partial charge in [0.25, 0.3) is 0 Å². The average molecular weight is 860 g/mol. The molecule has 1 heteroatoms. The molecule has 14 rings (SSSR count). The van der Waals surface area contributed by atoms with Crippen molar-refractivity contribution in [2.75, 3.05) is 0 Å². The number of hydrogen-bond donors (Lipinski definition) is 0. The Morgan fingerprint density at radius 2 is 0.567 bits per heavy atom. The van der Waals surface area contributed by atoms with E-state index in [0.717, 1.165) is 0 Å². The molecule has 0 amide bonds. The number of fused-ring (bicyclic) bond motifs is 15. The van der Waals surface area contributed by atoms with Gasteiger partial charge in [-0.15, -0.1) is 0 Å². The summed E-state index contributed by atoms with van der Waals surface area (Å²) in [5.41, 5.74) is 30.1. The van der Waals surface area contributed by atoms with Gasteiger partial charge >= 0.3 is 0 Å². The summed E-state index contributed by atoms with van der Waals surface area (Å²) in [6.07, 6.45) is 0. The quantitative estimate of drug-likeness (QED) is 0.167. The van der Waals surface area contributed by atoms with E-state index in [1.54, 1.807) is 0 Å². The first kappa shape index (κ1) is 39.0. The van der Waals surface area contributed by atoms with E-state index in [9.17, 15) is 0 Å². The Kier molecular flexibility index (Phi) is 7.45. The summed E-state index contributed by atoms with van der Waals surface area (Å²) in [7, 11) is 0. The Labute approximate surface area is 394 Å². The Bertz CT molecular complexity index is 3610. The van der Waals surface area contributed by atoms with Gasteiger partial charge in [0.1, 0.15) is 0 Å². The maximum Gasteiger partial charge on any atom is 0.0544 e. The van der Waals surface area contributed by atoms with Crippen LogP contribution in [0.3, 0.4) is 0 Å². The van der Waals surface area contributed by atoms with Gasteiger partial charge in [0, 0.05) is 38.1 Å². The molecular formula is C66H53N. The topological polar surface area (TPSA) is 4.93 Å². The molecule has 0 N–H and O–H groups in total. The van der Waals surface area contributed by atoms with Gasteiger partial charge in [-0.3, -0.25) is 0 Å². The van der Waals surface area contributed by atoms with E-state index in [1.807, 2.05) is 0 Å². The third-order valence-electron chi connectivity index (χ3n) is 17.2. The molecule has 322 valence electrons. The third-order valence-corrected chi connectivity index (χ3v) is 17.2. The molecule has 67 heavy (non-hydrogen) atoms. The second-order valence-electron chi connectivity index (χ2n) is 22.1. The van der Waals surface area contributed by atoms with E-state index in [2.05, 4.69) is 236 Å². The van der Waals surface area contributed by atoms with Crippen molar-refractivity contribution < 1.29 is 0 Å². The number of benzene rings is 9. The van der Waals surface area contributed by atoms with Gasteiger partial charge in [-0.05, 0) is 166 Å². The van der Waals surface area contributed by atoms with E-state index in [1.165, 1.54) is 139 Å². The molecule has 0 aliphatic heterocycles. The van der Waals surface area contributed by atoms with Gasteiger partial charge in [0.2, 0.25) is 0 Å². The predicted octanol–water partition coefficient (Wildman–Crippen LogP) is 17.3. The van der Waals surface area contributed by atoms with Gasteiger partial charge in [-0.1, -0.05) is 177 Å². The summed E-state index contributed by atoms with van der Waals surface area (Å²) >= 11 is 0. The van der Waals surface area contributed by atoms with Gasteiger partial charge in [-0.25, -0.2) is 0 Å². The largest absolute Gasteiger partial charge is 0.309 e. The molecule has 0 spiro atoms. The standard InChI is InChI=1S/C66H53N/c1-63(2)53-21-13-9-17-43(53)47-27-25-38(32-57(47)63)40-29-41(39-26-28-48-44-18-10-14-22-54(44)64(3,4)58(48)33-39)31-42(30-40)67-61-36-59-49(45-19-11-15-23-55(45)65(59,5)6)34-51(61)52-35-50-46-20-12-16-24-56(46)66(7,8)60(50)37-62(52)67/h9-37H,1-8H3. The third kappa shape index (κ3) is 4.99. The molecule has 0 unspecified atom stereocenters. The second-order valence-corrected chi connectivity index (χ2v) is 22.1. The van der Waals surface area contributed by atoms with Crippen molar-refractivity contribution in [3.8, 4) is 72.4 Å². The van der Waals surface area contributed by atoms with Crippen LogP contribution in [-0.2, 0) is 21.7 Å². The van der Waals surface area contributed by atoms with Gasteiger partial charge < -0.3 is 4.57 Å². The van der Waals surface area contributed by atoms with Crippen molar-refractivity contribution in [1.29, 1.82) is 0 Å². The summed E-state index contributed by atoms with van der Waals surface area (Å²) in [6, 6.07) is 68.1. The van der Waals surface area contributed by atoms with Crippen molar-refractivity contribution in [3.05, 3.63) is 220 Å². The predicted molar refractivity (Wildman–Crippen MR) is 282 cm³/mol. The molecule has 1 aromatic heterocycles. The van der Waals surface area contributed by atoms with Crippen molar-refractivity contribution in [3.63, 3.8) is 0 Å². The van der Waals surface area contributed by atoms with Gasteiger partial charge in [-0.2, -0.15) is 0 Å². The number of rotatable bonds is 3. The lowest BCUT2D eigenvalue weighted by Crippen LogP contribution is -2.15. The molecule has 0 atom stereocenters. The second kappa shape index (κ2) is 12.8. The summed E-state index contributed by atoms with van der Waals surface area (Å²) in [5, 5.41) is 2.60. The fourth-order valence-electron chi connectivity index (χ4n) is 13.5. The lowest BCUT2D eigenvalue weighted by Gasteiger charge is -2.23. The molecule has 0 saturated heterocycles. The highest BCUT2D eigenvalue weighted by Gasteiger charge is 2.40. The fraction of sp³-hybridized carbons (Fsp3) is 0.182. The van der Waals surface area contributed by atoms with Crippen LogP contribution < -0.4 is 0 Å². The normalized spacial score (nSPS) is 16.5. The zero-order chi connectivity index (χ0) is 45.5. The summed E-state index contributed by atoms with van der Waals surface area (Å²) < 4.78 is 2.62. The van der Waals surface area contributed by atoms with Gasteiger partial charge in [0.15, 0.2) is 0 Å².